The smallest absolute Gasteiger partial charge is 0.110 e. The normalized spacial score (nSPS) is 20.4. The molecule has 0 bridgehead atoms. The molecule has 0 fully saturated rings. The number of hydrogen-bond acceptors (Lipinski definition) is 3. The van der Waals surface area contributed by atoms with Gasteiger partial charge in [-0.2, -0.15) is 0 Å². The van der Waals surface area contributed by atoms with Crippen molar-refractivity contribution < 1.29 is 0 Å². The lowest BCUT2D eigenvalue weighted by atomic mass is 10.1. The number of fused-ring (bicyclic) bond motifs is 1. The predicted molar refractivity (Wildman–Crippen MR) is 81.2 cm³/mol. The Bertz CT molecular complexity index is 774. The summed E-state index contributed by atoms with van der Waals surface area (Å²) in [5, 5.41) is 2.56. The standard InChI is InChI=1S/C15H15ClN4/c1-10-5-6-13-14(11(2)19-15(10)16)18-9-20(13)12-4-3-7-17-8-12/h3-4,6-10H,5H2,1-2H3/b13-6-,14-11?,19-15?. The van der Waals surface area contributed by atoms with Gasteiger partial charge in [0.1, 0.15) is 16.8 Å². The van der Waals surface area contributed by atoms with E-state index in [2.05, 4.69) is 28.0 Å². The van der Waals surface area contributed by atoms with Gasteiger partial charge in [0.2, 0.25) is 0 Å². The summed E-state index contributed by atoms with van der Waals surface area (Å²) < 4.78 is 2.04. The Hall–Kier alpha value is -1.94. The molecule has 0 N–H and O–H groups in total. The first-order chi connectivity index (χ1) is 9.66. The van der Waals surface area contributed by atoms with Gasteiger partial charge in [0.15, 0.2) is 0 Å². The lowest BCUT2D eigenvalue weighted by Crippen LogP contribution is -2.32. The van der Waals surface area contributed by atoms with Crippen LogP contribution in [0.3, 0.4) is 0 Å². The Morgan fingerprint density at radius 2 is 2.25 bits per heavy atom. The summed E-state index contributed by atoms with van der Waals surface area (Å²) in [5.74, 6) is 0.219. The summed E-state index contributed by atoms with van der Waals surface area (Å²) in [6.45, 7) is 4.01. The minimum Gasteiger partial charge on any atom is -0.298 e. The highest BCUT2D eigenvalue weighted by atomic mass is 35.5. The molecule has 4 nitrogen and oxygen atoms in total. The molecule has 1 aliphatic heterocycles. The quantitative estimate of drug-likeness (QED) is 0.803. The van der Waals surface area contributed by atoms with E-state index in [1.54, 1.807) is 12.5 Å². The number of halogens is 1. The van der Waals surface area contributed by atoms with Crippen LogP contribution >= 0.6 is 11.6 Å². The van der Waals surface area contributed by atoms with Crippen LogP contribution in [0.4, 0.5) is 0 Å². The number of nitrogens with zero attached hydrogens (tertiary/aromatic N) is 4. The maximum Gasteiger partial charge on any atom is 0.110 e. The van der Waals surface area contributed by atoms with E-state index in [1.165, 1.54) is 0 Å². The second kappa shape index (κ2) is 5.21. The molecule has 0 saturated heterocycles. The van der Waals surface area contributed by atoms with Crippen LogP contribution in [-0.4, -0.2) is 19.7 Å². The SMILES string of the molecule is CC1=c2ncn(-c3cccnc3)/c2=C\CC(C)C(Cl)=N1. The molecule has 5 heteroatoms. The van der Waals surface area contributed by atoms with Crippen LogP contribution in [0.15, 0.2) is 35.8 Å². The van der Waals surface area contributed by atoms with E-state index in [0.717, 1.165) is 28.5 Å². The highest BCUT2D eigenvalue weighted by Gasteiger charge is 2.12. The number of hydrogen-bond donors (Lipinski definition) is 0. The molecule has 3 heterocycles. The maximum atomic E-state index is 6.19. The minimum atomic E-state index is 0.219. The second-order valence-electron chi connectivity index (χ2n) is 4.92. The van der Waals surface area contributed by atoms with Gasteiger partial charge in [0.25, 0.3) is 0 Å². The van der Waals surface area contributed by atoms with Crippen molar-refractivity contribution in [3.05, 3.63) is 41.6 Å². The molecule has 0 saturated carbocycles. The van der Waals surface area contributed by atoms with Crippen molar-refractivity contribution in [3.8, 4) is 5.69 Å². The van der Waals surface area contributed by atoms with Crippen LogP contribution < -0.4 is 10.7 Å². The lowest BCUT2D eigenvalue weighted by molar-refractivity contribution is 0.818. The summed E-state index contributed by atoms with van der Waals surface area (Å²) in [4.78, 5) is 13.1. The van der Waals surface area contributed by atoms with Crippen molar-refractivity contribution in [1.82, 2.24) is 14.5 Å². The zero-order valence-corrected chi connectivity index (χ0v) is 12.2. The molecule has 3 rings (SSSR count). The van der Waals surface area contributed by atoms with Gasteiger partial charge in [0.05, 0.1) is 22.9 Å². The van der Waals surface area contributed by atoms with Gasteiger partial charge < -0.3 is 0 Å². The first kappa shape index (κ1) is 13.1. The van der Waals surface area contributed by atoms with Crippen LogP contribution in [0.5, 0.6) is 0 Å². The first-order valence-corrected chi connectivity index (χ1v) is 6.93. The van der Waals surface area contributed by atoms with Crippen molar-refractivity contribution in [2.24, 2.45) is 10.9 Å². The molecule has 1 unspecified atom stereocenters. The largest absolute Gasteiger partial charge is 0.298 e. The first-order valence-electron chi connectivity index (χ1n) is 6.56. The van der Waals surface area contributed by atoms with Gasteiger partial charge in [0, 0.05) is 12.1 Å². The van der Waals surface area contributed by atoms with E-state index < -0.39 is 0 Å². The summed E-state index contributed by atoms with van der Waals surface area (Å²) in [6.07, 6.45) is 8.40. The lowest BCUT2D eigenvalue weighted by Gasteiger charge is -2.09. The van der Waals surface area contributed by atoms with Crippen molar-refractivity contribution in [2.75, 3.05) is 0 Å². The fraction of sp³-hybridized carbons (Fsp3) is 0.267. The van der Waals surface area contributed by atoms with E-state index in [-0.39, 0.29) is 5.92 Å². The monoisotopic (exact) mass is 286 g/mol. The van der Waals surface area contributed by atoms with Crippen molar-refractivity contribution in [3.63, 3.8) is 0 Å². The molecule has 2 aromatic rings. The van der Waals surface area contributed by atoms with Crippen molar-refractivity contribution in [2.45, 2.75) is 20.3 Å². The van der Waals surface area contributed by atoms with Gasteiger partial charge in [-0.1, -0.05) is 24.6 Å². The number of aromatic nitrogens is 3. The highest BCUT2D eigenvalue weighted by molar-refractivity contribution is 6.66. The summed E-state index contributed by atoms with van der Waals surface area (Å²) in [6, 6.07) is 3.93. The third-order valence-corrected chi connectivity index (χ3v) is 3.87. The zero-order valence-electron chi connectivity index (χ0n) is 11.4. The van der Waals surface area contributed by atoms with Gasteiger partial charge in [-0.25, -0.2) is 9.98 Å². The molecule has 0 aliphatic carbocycles. The van der Waals surface area contributed by atoms with Gasteiger partial charge in [-0.3, -0.25) is 9.55 Å². The number of rotatable bonds is 1. The summed E-state index contributed by atoms with van der Waals surface area (Å²) in [5.41, 5.74) is 1.84. The molecular weight excluding hydrogens is 272 g/mol. The maximum absolute atomic E-state index is 6.19. The average Bonchev–Trinajstić information content (AvgIpc) is 2.88. The van der Waals surface area contributed by atoms with Gasteiger partial charge >= 0.3 is 0 Å². The third kappa shape index (κ3) is 2.27. The fourth-order valence-corrected chi connectivity index (χ4v) is 2.46. The third-order valence-electron chi connectivity index (χ3n) is 3.42. The summed E-state index contributed by atoms with van der Waals surface area (Å²) in [7, 11) is 0. The molecular formula is C15H15ClN4. The minimum absolute atomic E-state index is 0.219. The Kier molecular flexibility index (Phi) is 3.40. The van der Waals surface area contributed by atoms with Crippen LogP contribution in [0.2, 0.25) is 0 Å². The van der Waals surface area contributed by atoms with E-state index in [9.17, 15) is 0 Å². The Morgan fingerprint density at radius 1 is 1.40 bits per heavy atom. The average molecular weight is 287 g/mol. The fourth-order valence-electron chi connectivity index (χ4n) is 2.24. The zero-order chi connectivity index (χ0) is 14.1. The van der Waals surface area contributed by atoms with Gasteiger partial charge in [-0.15, -0.1) is 0 Å². The molecule has 1 aliphatic rings. The number of aliphatic imine (C=N–C) groups is 1. The molecule has 0 radical (unpaired) electrons. The van der Waals surface area contributed by atoms with E-state index in [1.807, 2.05) is 29.8 Å². The Morgan fingerprint density at radius 3 is 3.00 bits per heavy atom. The molecule has 0 spiro atoms. The second-order valence-corrected chi connectivity index (χ2v) is 5.31. The van der Waals surface area contributed by atoms with E-state index >= 15 is 0 Å². The molecule has 1 atom stereocenters. The van der Waals surface area contributed by atoms with Gasteiger partial charge in [-0.05, 0) is 25.5 Å². The Balaban J connectivity index is 2.29. The van der Waals surface area contributed by atoms with Crippen LogP contribution in [0, 0.1) is 5.92 Å². The molecule has 2 aromatic heterocycles. The van der Waals surface area contributed by atoms with Crippen LogP contribution in [0.25, 0.3) is 17.5 Å². The molecule has 0 amide bonds. The van der Waals surface area contributed by atoms with E-state index in [0.29, 0.717) is 5.17 Å². The molecule has 102 valence electrons. The molecule has 20 heavy (non-hydrogen) atoms. The van der Waals surface area contributed by atoms with Crippen LogP contribution in [-0.2, 0) is 0 Å². The predicted octanol–water partition coefficient (Wildman–Crippen LogP) is 1.85. The van der Waals surface area contributed by atoms with E-state index in [4.69, 9.17) is 11.6 Å². The summed E-state index contributed by atoms with van der Waals surface area (Å²) >= 11 is 6.19. The molecule has 0 aromatic carbocycles. The topological polar surface area (TPSA) is 43.1 Å². The highest BCUT2D eigenvalue weighted by Crippen LogP contribution is 2.13. The number of pyridine rings is 1. The van der Waals surface area contributed by atoms with Crippen LogP contribution in [0.1, 0.15) is 20.3 Å². The number of imidazole rings is 1. The Labute approximate surface area is 122 Å². The van der Waals surface area contributed by atoms with Crippen molar-refractivity contribution >= 4 is 28.5 Å². The van der Waals surface area contributed by atoms with Crippen molar-refractivity contribution in [1.29, 1.82) is 0 Å².